The molecule has 7 nitrogen and oxygen atoms in total. The van der Waals surface area contributed by atoms with Crippen molar-refractivity contribution in [2.45, 2.75) is 20.8 Å². The van der Waals surface area contributed by atoms with Gasteiger partial charge in [-0.3, -0.25) is 9.59 Å². The van der Waals surface area contributed by atoms with Gasteiger partial charge in [0, 0.05) is 17.7 Å². The van der Waals surface area contributed by atoms with Crippen LogP contribution in [0.3, 0.4) is 0 Å². The number of benzene rings is 2. The van der Waals surface area contributed by atoms with Gasteiger partial charge in [0.25, 0.3) is 0 Å². The van der Waals surface area contributed by atoms with E-state index in [1.807, 2.05) is 0 Å². The summed E-state index contributed by atoms with van der Waals surface area (Å²) in [5.41, 5.74) is 2.35. The van der Waals surface area contributed by atoms with Crippen LogP contribution in [0.4, 0.5) is 0 Å². The molecule has 0 N–H and O–H groups in total. The largest absolute Gasteiger partial charge is 0.496 e. The summed E-state index contributed by atoms with van der Waals surface area (Å²) >= 11 is 0. The third kappa shape index (κ3) is 3.72. The Labute approximate surface area is 170 Å². The van der Waals surface area contributed by atoms with Crippen LogP contribution in [0.1, 0.15) is 40.1 Å². The number of carbonyl (C=O) groups excluding carboxylic acids is 2. The molecule has 7 heteroatoms. The summed E-state index contributed by atoms with van der Waals surface area (Å²) in [5, 5.41) is 0. The number of ketones is 2. The Morgan fingerprint density at radius 1 is 0.621 bits per heavy atom. The maximum absolute atomic E-state index is 12.4. The van der Waals surface area contributed by atoms with Crippen LogP contribution in [0, 0.1) is 6.92 Å². The number of carbonyl (C=O) groups is 2. The van der Waals surface area contributed by atoms with Crippen molar-refractivity contribution in [2.24, 2.45) is 0 Å². The zero-order chi connectivity index (χ0) is 21.9. The predicted octanol–water partition coefficient (Wildman–Crippen LogP) is 4.11. The van der Waals surface area contributed by atoms with Gasteiger partial charge in [-0.2, -0.15) is 0 Å². The first-order valence-corrected chi connectivity index (χ1v) is 8.87. The second-order valence-electron chi connectivity index (χ2n) is 6.33. The molecule has 0 aliphatic carbocycles. The molecular formula is C22H26O7. The zero-order valence-electron chi connectivity index (χ0n) is 18.0. The van der Waals surface area contributed by atoms with Crippen LogP contribution in [0.2, 0.25) is 0 Å². The number of hydrogen-bond acceptors (Lipinski definition) is 7. The highest BCUT2D eigenvalue weighted by Gasteiger charge is 2.29. The molecule has 2 aromatic rings. The molecule has 0 spiro atoms. The van der Waals surface area contributed by atoms with E-state index in [9.17, 15) is 9.59 Å². The smallest absolute Gasteiger partial charge is 0.167 e. The fraction of sp³-hybridized carbons (Fsp3) is 0.364. The van der Waals surface area contributed by atoms with Crippen molar-refractivity contribution in [3.8, 4) is 39.9 Å². The lowest BCUT2D eigenvalue weighted by atomic mass is 9.90. The van der Waals surface area contributed by atoms with E-state index in [1.165, 1.54) is 49.4 Å². The highest BCUT2D eigenvalue weighted by atomic mass is 16.5. The Balaban J connectivity index is 3.12. The van der Waals surface area contributed by atoms with Crippen molar-refractivity contribution in [1.82, 2.24) is 0 Å². The Bertz CT molecular complexity index is 961. The third-order valence-electron chi connectivity index (χ3n) is 4.75. The molecule has 0 aliphatic heterocycles. The number of rotatable bonds is 8. The van der Waals surface area contributed by atoms with Gasteiger partial charge in [-0.15, -0.1) is 0 Å². The lowest BCUT2D eigenvalue weighted by Crippen LogP contribution is -2.08. The second kappa shape index (κ2) is 8.86. The van der Waals surface area contributed by atoms with Crippen LogP contribution in [0.15, 0.2) is 12.1 Å². The molecule has 156 valence electrons. The van der Waals surface area contributed by atoms with Crippen LogP contribution in [0.5, 0.6) is 28.7 Å². The van der Waals surface area contributed by atoms with Crippen molar-refractivity contribution in [3.05, 3.63) is 28.8 Å². The minimum atomic E-state index is -0.237. The van der Waals surface area contributed by atoms with Gasteiger partial charge >= 0.3 is 0 Å². The molecule has 0 saturated carbocycles. The summed E-state index contributed by atoms with van der Waals surface area (Å²) in [4.78, 5) is 24.8. The van der Waals surface area contributed by atoms with E-state index in [0.29, 0.717) is 45.3 Å². The first kappa shape index (κ1) is 22.1. The van der Waals surface area contributed by atoms with E-state index in [0.717, 1.165) is 0 Å². The fourth-order valence-corrected chi connectivity index (χ4v) is 3.54. The molecule has 0 atom stereocenters. The van der Waals surface area contributed by atoms with Gasteiger partial charge in [-0.05, 0) is 26.3 Å². The average molecular weight is 402 g/mol. The van der Waals surface area contributed by atoms with Gasteiger partial charge in [0.2, 0.25) is 0 Å². The van der Waals surface area contributed by atoms with Crippen LogP contribution in [-0.2, 0) is 0 Å². The van der Waals surface area contributed by atoms with Crippen LogP contribution < -0.4 is 23.7 Å². The van der Waals surface area contributed by atoms with E-state index >= 15 is 0 Å². The van der Waals surface area contributed by atoms with Crippen molar-refractivity contribution in [1.29, 1.82) is 0 Å². The highest BCUT2D eigenvalue weighted by Crippen LogP contribution is 2.51. The minimum absolute atomic E-state index is 0.165. The summed E-state index contributed by atoms with van der Waals surface area (Å²) in [7, 11) is 7.43. The Morgan fingerprint density at radius 2 is 1.03 bits per heavy atom. The first-order chi connectivity index (χ1) is 13.8. The van der Waals surface area contributed by atoms with Gasteiger partial charge in [-0.25, -0.2) is 0 Å². The molecule has 29 heavy (non-hydrogen) atoms. The van der Waals surface area contributed by atoms with Gasteiger partial charge in [0.05, 0.1) is 46.7 Å². The summed E-state index contributed by atoms with van der Waals surface area (Å²) in [6.45, 7) is 4.67. The monoisotopic (exact) mass is 402 g/mol. The SMILES string of the molecule is COc1cc(OC)c(-c2c(OC)cc(OC)c(C(C)=O)c2OC)c(C)c1C(C)=O. The molecule has 0 bridgehead atoms. The number of Topliss-reactive ketones (excluding diaryl/α,β-unsaturated/α-hetero) is 2. The second-order valence-corrected chi connectivity index (χ2v) is 6.33. The van der Waals surface area contributed by atoms with Crippen molar-refractivity contribution < 1.29 is 33.3 Å². The molecule has 2 rings (SSSR count). The number of hydrogen-bond donors (Lipinski definition) is 0. The van der Waals surface area contributed by atoms with Crippen LogP contribution in [0.25, 0.3) is 11.1 Å². The summed E-state index contributed by atoms with van der Waals surface area (Å²) < 4.78 is 27.6. The number of methoxy groups -OCH3 is 5. The lowest BCUT2D eigenvalue weighted by Gasteiger charge is -2.23. The molecule has 2 aromatic carbocycles. The van der Waals surface area contributed by atoms with Crippen molar-refractivity contribution >= 4 is 11.6 Å². The third-order valence-corrected chi connectivity index (χ3v) is 4.75. The van der Waals surface area contributed by atoms with E-state index in [-0.39, 0.29) is 22.9 Å². The van der Waals surface area contributed by atoms with Crippen molar-refractivity contribution in [2.75, 3.05) is 35.5 Å². The van der Waals surface area contributed by atoms with Crippen LogP contribution in [-0.4, -0.2) is 47.1 Å². The van der Waals surface area contributed by atoms with Gasteiger partial charge in [-0.1, -0.05) is 0 Å². The lowest BCUT2D eigenvalue weighted by molar-refractivity contribution is 0.0999. The minimum Gasteiger partial charge on any atom is -0.496 e. The summed E-state index contributed by atoms with van der Waals surface area (Å²) in [5.74, 6) is 1.45. The quantitative estimate of drug-likeness (QED) is 0.615. The topological polar surface area (TPSA) is 80.3 Å². The highest BCUT2D eigenvalue weighted by molar-refractivity contribution is 6.06. The first-order valence-electron chi connectivity index (χ1n) is 8.87. The maximum atomic E-state index is 12.4. The Hall–Kier alpha value is -3.22. The van der Waals surface area contributed by atoms with E-state index in [1.54, 1.807) is 19.1 Å². The summed E-state index contributed by atoms with van der Waals surface area (Å²) in [6.07, 6.45) is 0. The Kier molecular flexibility index (Phi) is 6.74. The standard InChI is InChI=1S/C22H26O7/c1-11-18(12(2)23)14(25-4)9-15(26-5)19(11)21-17(28-7)10-16(27-6)20(13(3)24)22(21)29-8/h9-10H,1-8H3. The molecule has 0 aromatic heterocycles. The van der Waals surface area contributed by atoms with E-state index < -0.39 is 0 Å². The zero-order valence-corrected chi connectivity index (χ0v) is 18.0. The van der Waals surface area contributed by atoms with Crippen LogP contribution >= 0.6 is 0 Å². The van der Waals surface area contributed by atoms with Crippen molar-refractivity contribution in [3.63, 3.8) is 0 Å². The molecule has 0 unspecified atom stereocenters. The van der Waals surface area contributed by atoms with Gasteiger partial charge in [0.15, 0.2) is 11.6 Å². The normalized spacial score (nSPS) is 10.3. The Morgan fingerprint density at radius 3 is 1.41 bits per heavy atom. The van der Waals surface area contributed by atoms with Gasteiger partial charge in [0.1, 0.15) is 34.3 Å². The molecule has 0 fully saturated rings. The average Bonchev–Trinajstić information content (AvgIpc) is 2.70. The van der Waals surface area contributed by atoms with E-state index in [2.05, 4.69) is 0 Å². The molecular weight excluding hydrogens is 376 g/mol. The molecule has 0 heterocycles. The molecule has 0 radical (unpaired) electrons. The number of ether oxygens (including phenoxy) is 5. The molecule has 0 amide bonds. The molecule has 0 aliphatic rings. The van der Waals surface area contributed by atoms with E-state index in [4.69, 9.17) is 23.7 Å². The maximum Gasteiger partial charge on any atom is 0.167 e. The predicted molar refractivity (Wildman–Crippen MR) is 109 cm³/mol. The fourth-order valence-electron chi connectivity index (χ4n) is 3.54. The summed E-state index contributed by atoms with van der Waals surface area (Å²) in [6, 6.07) is 3.25. The molecule has 0 saturated heterocycles. The van der Waals surface area contributed by atoms with Gasteiger partial charge < -0.3 is 23.7 Å².